The number of rotatable bonds is 1. The van der Waals surface area contributed by atoms with Crippen molar-refractivity contribution in [3.63, 3.8) is 0 Å². The molecule has 0 N–H and O–H groups in total. The van der Waals surface area contributed by atoms with Crippen LogP contribution in [0.2, 0.25) is 0 Å². The van der Waals surface area contributed by atoms with E-state index < -0.39 is 11.2 Å². The fraction of sp³-hybridized carbons (Fsp3) is 0.400. The highest BCUT2D eigenvalue weighted by atomic mass is 19.1. The van der Waals surface area contributed by atoms with Gasteiger partial charge in [-0.15, -0.1) is 0 Å². The maximum atomic E-state index is 13.2. The Labute approximate surface area is 150 Å². The van der Waals surface area contributed by atoms with Crippen LogP contribution in [0.1, 0.15) is 31.0 Å². The first kappa shape index (κ1) is 15.9. The topological polar surface area (TPSA) is 53.4 Å². The Morgan fingerprint density at radius 1 is 1.19 bits per heavy atom. The minimum absolute atomic E-state index is 0.134. The van der Waals surface area contributed by atoms with E-state index in [1.54, 1.807) is 16.8 Å². The zero-order valence-electron chi connectivity index (χ0n) is 14.5. The molecule has 2 aromatic rings. The number of nitrogens with zero attached hydrogens (tertiary/aromatic N) is 2. The third kappa shape index (κ3) is 2.03. The molecule has 1 aromatic carbocycles. The molecule has 0 amide bonds. The maximum Gasteiger partial charge on any atom is 0.178 e. The van der Waals surface area contributed by atoms with Crippen LogP contribution in [0.4, 0.5) is 4.39 Å². The summed E-state index contributed by atoms with van der Waals surface area (Å²) in [6.45, 7) is 3.16. The quantitative estimate of drug-likeness (QED) is 0.790. The van der Waals surface area contributed by atoms with Gasteiger partial charge < -0.3 is 9.47 Å². The second kappa shape index (κ2) is 5.34. The molecule has 26 heavy (non-hydrogen) atoms. The number of hydrogen-bond donors (Lipinski definition) is 0. The van der Waals surface area contributed by atoms with Gasteiger partial charge in [-0.25, -0.2) is 9.07 Å². The van der Waals surface area contributed by atoms with Crippen LogP contribution < -0.4 is 0 Å². The number of ketones is 1. The van der Waals surface area contributed by atoms with Crippen molar-refractivity contribution in [3.05, 3.63) is 53.1 Å². The van der Waals surface area contributed by atoms with E-state index >= 15 is 0 Å². The zero-order chi connectivity index (χ0) is 17.9. The molecule has 3 aliphatic rings. The van der Waals surface area contributed by atoms with Gasteiger partial charge in [-0.1, -0.05) is 0 Å². The van der Waals surface area contributed by atoms with Crippen molar-refractivity contribution >= 4 is 11.9 Å². The van der Waals surface area contributed by atoms with Crippen molar-refractivity contribution in [2.75, 3.05) is 13.2 Å². The second-order valence-electron chi connectivity index (χ2n) is 7.38. The van der Waals surface area contributed by atoms with E-state index in [1.165, 1.54) is 12.1 Å². The van der Waals surface area contributed by atoms with Crippen LogP contribution in [0.5, 0.6) is 0 Å². The fourth-order valence-corrected chi connectivity index (χ4v) is 4.58. The number of ether oxygens (including phenoxy) is 2. The van der Waals surface area contributed by atoms with Gasteiger partial charge in [-0.05, 0) is 49.2 Å². The second-order valence-corrected chi connectivity index (χ2v) is 7.38. The Hall–Kier alpha value is -2.31. The Morgan fingerprint density at radius 3 is 2.65 bits per heavy atom. The van der Waals surface area contributed by atoms with Gasteiger partial charge in [0.1, 0.15) is 5.82 Å². The zero-order valence-corrected chi connectivity index (χ0v) is 14.5. The molecule has 2 heterocycles. The Kier molecular flexibility index (Phi) is 3.27. The SMILES string of the molecule is C[C@]12Cc3cnn(-c4ccc(F)cc4)c3C=C1C(=O)CCC21OCCO1. The van der Waals surface area contributed by atoms with Gasteiger partial charge in [0.2, 0.25) is 0 Å². The number of fused-ring (bicyclic) bond motifs is 3. The van der Waals surface area contributed by atoms with Gasteiger partial charge in [-0.3, -0.25) is 4.79 Å². The molecule has 1 saturated heterocycles. The first-order valence-corrected chi connectivity index (χ1v) is 8.89. The van der Waals surface area contributed by atoms with Gasteiger partial charge in [0, 0.05) is 18.4 Å². The molecule has 134 valence electrons. The van der Waals surface area contributed by atoms with E-state index in [9.17, 15) is 9.18 Å². The molecule has 0 bridgehead atoms. The van der Waals surface area contributed by atoms with Crippen molar-refractivity contribution < 1.29 is 18.7 Å². The van der Waals surface area contributed by atoms with Gasteiger partial charge in [0.05, 0.1) is 36.2 Å². The molecule has 5 rings (SSSR count). The molecule has 1 saturated carbocycles. The highest BCUT2D eigenvalue weighted by Gasteiger charge is 2.60. The third-order valence-electron chi connectivity index (χ3n) is 5.95. The Morgan fingerprint density at radius 2 is 1.92 bits per heavy atom. The molecule has 6 heteroatoms. The number of Topliss-reactive ketones (excluding diaryl/α,β-unsaturated/α-hetero) is 1. The van der Waals surface area contributed by atoms with Crippen molar-refractivity contribution in [3.8, 4) is 5.69 Å². The molecule has 1 aliphatic heterocycles. The lowest BCUT2D eigenvalue weighted by Crippen LogP contribution is -2.55. The largest absolute Gasteiger partial charge is 0.347 e. The minimum atomic E-state index is -0.734. The minimum Gasteiger partial charge on any atom is -0.347 e. The number of carbonyl (C=O) groups excluding carboxylic acids is 1. The van der Waals surface area contributed by atoms with Crippen molar-refractivity contribution in [1.82, 2.24) is 9.78 Å². The summed E-state index contributed by atoms with van der Waals surface area (Å²) in [6.07, 6.45) is 5.37. The fourth-order valence-electron chi connectivity index (χ4n) is 4.58. The van der Waals surface area contributed by atoms with Crippen LogP contribution >= 0.6 is 0 Å². The Bertz CT molecular complexity index is 925. The van der Waals surface area contributed by atoms with Crippen LogP contribution in [0.15, 0.2) is 36.0 Å². The van der Waals surface area contributed by atoms with Gasteiger partial charge in [0.25, 0.3) is 0 Å². The summed E-state index contributed by atoms with van der Waals surface area (Å²) in [7, 11) is 0. The lowest BCUT2D eigenvalue weighted by atomic mass is 9.61. The molecule has 1 aromatic heterocycles. The summed E-state index contributed by atoms with van der Waals surface area (Å²) in [6, 6.07) is 6.18. The predicted octanol–water partition coefficient (Wildman–Crippen LogP) is 3.06. The monoisotopic (exact) mass is 354 g/mol. The van der Waals surface area contributed by atoms with E-state index in [4.69, 9.17) is 9.47 Å². The number of aromatic nitrogens is 2. The average Bonchev–Trinajstić information content (AvgIpc) is 3.26. The summed E-state index contributed by atoms with van der Waals surface area (Å²) in [5.74, 6) is -0.891. The molecule has 2 fully saturated rings. The average molecular weight is 354 g/mol. The van der Waals surface area contributed by atoms with E-state index in [0.717, 1.165) is 22.5 Å². The molecule has 1 atom stereocenters. The first-order valence-electron chi connectivity index (χ1n) is 8.89. The number of halogens is 1. The van der Waals surface area contributed by atoms with Crippen LogP contribution in [-0.2, 0) is 20.7 Å². The lowest BCUT2D eigenvalue weighted by molar-refractivity contribution is -0.232. The Balaban J connectivity index is 1.64. The van der Waals surface area contributed by atoms with Crippen LogP contribution in [0, 0.1) is 11.2 Å². The molecule has 0 radical (unpaired) electrons. The summed E-state index contributed by atoms with van der Waals surface area (Å²) in [5, 5.41) is 4.48. The van der Waals surface area contributed by atoms with E-state index in [2.05, 4.69) is 12.0 Å². The molecule has 0 unspecified atom stereocenters. The standard InChI is InChI=1S/C20H19FN2O3/c1-19-11-13-12-22-23(15-4-2-14(21)3-5-15)17(13)10-16(19)18(24)6-7-20(19)25-8-9-26-20/h2-5,10,12H,6-9,11H2,1H3/t19-/m0/s1. The van der Waals surface area contributed by atoms with Crippen molar-refractivity contribution in [1.29, 1.82) is 0 Å². The van der Waals surface area contributed by atoms with Crippen LogP contribution in [-0.4, -0.2) is 34.6 Å². The van der Waals surface area contributed by atoms with E-state index in [1.807, 2.05) is 12.3 Å². The van der Waals surface area contributed by atoms with Crippen LogP contribution in [0.25, 0.3) is 11.8 Å². The van der Waals surface area contributed by atoms with Crippen molar-refractivity contribution in [2.24, 2.45) is 5.41 Å². The predicted molar refractivity (Wildman–Crippen MR) is 92.2 cm³/mol. The van der Waals surface area contributed by atoms with Gasteiger partial charge in [-0.2, -0.15) is 5.10 Å². The summed E-state index contributed by atoms with van der Waals surface area (Å²) in [5.41, 5.74) is 2.88. The third-order valence-corrected chi connectivity index (χ3v) is 5.95. The highest BCUT2D eigenvalue weighted by molar-refractivity contribution is 6.02. The van der Waals surface area contributed by atoms with E-state index in [0.29, 0.717) is 32.5 Å². The summed E-state index contributed by atoms with van der Waals surface area (Å²) < 4.78 is 27.1. The smallest absolute Gasteiger partial charge is 0.178 e. The van der Waals surface area contributed by atoms with Gasteiger partial charge >= 0.3 is 0 Å². The van der Waals surface area contributed by atoms with Crippen molar-refractivity contribution in [2.45, 2.75) is 32.0 Å². The molecule has 5 nitrogen and oxygen atoms in total. The van der Waals surface area contributed by atoms with E-state index in [-0.39, 0.29) is 11.6 Å². The van der Waals surface area contributed by atoms with Crippen LogP contribution in [0.3, 0.4) is 0 Å². The maximum absolute atomic E-state index is 13.2. The first-order chi connectivity index (χ1) is 12.5. The lowest BCUT2D eigenvalue weighted by Gasteiger charge is -2.50. The number of benzene rings is 1. The molecular formula is C20H19FN2O3. The molecular weight excluding hydrogens is 335 g/mol. The highest BCUT2D eigenvalue weighted by Crippen LogP contribution is 2.55. The number of carbonyl (C=O) groups is 1. The normalized spacial score (nSPS) is 26.5. The molecule has 1 spiro atoms. The van der Waals surface area contributed by atoms with Gasteiger partial charge in [0.15, 0.2) is 11.6 Å². The number of hydrogen-bond acceptors (Lipinski definition) is 4. The molecule has 2 aliphatic carbocycles. The summed E-state index contributed by atoms with van der Waals surface area (Å²) in [4.78, 5) is 12.7. The summed E-state index contributed by atoms with van der Waals surface area (Å²) >= 11 is 0.